The van der Waals surface area contributed by atoms with Crippen LogP contribution in [0.15, 0.2) is 0 Å². The van der Waals surface area contributed by atoms with Gasteiger partial charge in [-0.3, -0.25) is 0 Å². The molecule has 1 atom stereocenters. The first-order valence-corrected chi connectivity index (χ1v) is 4.53. The fraction of sp³-hybridized carbons (Fsp3) is 0.889. The molecule has 0 aliphatic carbocycles. The minimum Gasteiger partial charge on any atom is -0.479 e. The second kappa shape index (κ2) is 5.19. The molecule has 0 aromatic heterocycles. The van der Waals surface area contributed by atoms with Crippen LogP contribution in [0.5, 0.6) is 0 Å². The zero-order chi connectivity index (χ0) is 10.5. The molecule has 1 unspecified atom stereocenters. The van der Waals surface area contributed by atoms with E-state index in [9.17, 15) is 4.79 Å². The highest BCUT2D eigenvalue weighted by molar-refractivity contribution is 5.72. The smallest absolute Gasteiger partial charge is 0.332 e. The fourth-order valence-corrected chi connectivity index (χ4v) is 0.928. The van der Waals surface area contributed by atoms with Crippen LogP contribution in [0.25, 0.3) is 0 Å². The number of ether oxygens (including phenoxy) is 1. The number of carbonyl (C=O) groups is 1. The van der Waals surface area contributed by atoms with Crippen LogP contribution in [-0.4, -0.2) is 29.3 Å². The molecule has 0 spiro atoms. The highest BCUT2D eigenvalue weighted by atomic mass is 16.5. The van der Waals surface area contributed by atoms with Gasteiger partial charge in [0.2, 0.25) is 0 Å². The molecule has 0 aromatic rings. The lowest BCUT2D eigenvalue weighted by atomic mass is 10.1. The number of hydrogen-bond acceptors (Lipinski definition) is 3. The summed E-state index contributed by atoms with van der Waals surface area (Å²) in [6, 6.07) is 0. The third kappa shape index (κ3) is 4.85. The summed E-state index contributed by atoms with van der Waals surface area (Å²) in [6.07, 6.45) is 0.583. The molecule has 78 valence electrons. The molecule has 0 fully saturated rings. The minimum atomic E-state index is -0.914. The maximum Gasteiger partial charge on any atom is 0.332 e. The van der Waals surface area contributed by atoms with E-state index in [0.717, 1.165) is 6.42 Å². The van der Waals surface area contributed by atoms with Gasteiger partial charge < -0.3 is 15.6 Å². The lowest BCUT2D eigenvalue weighted by Gasteiger charge is -2.27. The number of hydrogen-bond donors (Lipinski definition) is 2. The molecule has 0 saturated heterocycles. The average Bonchev–Trinajstić information content (AvgIpc) is 2.03. The van der Waals surface area contributed by atoms with Crippen LogP contribution in [0.4, 0.5) is 0 Å². The number of carboxylic acids is 1. The third-order valence-corrected chi connectivity index (χ3v) is 1.78. The Morgan fingerprint density at radius 2 is 2.15 bits per heavy atom. The van der Waals surface area contributed by atoms with Crippen molar-refractivity contribution in [2.75, 3.05) is 6.54 Å². The van der Waals surface area contributed by atoms with Crippen molar-refractivity contribution < 1.29 is 14.6 Å². The van der Waals surface area contributed by atoms with Gasteiger partial charge in [-0.15, -0.1) is 0 Å². The van der Waals surface area contributed by atoms with Crippen molar-refractivity contribution in [3.63, 3.8) is 0 Å². The Morgan fingerprint density at radius 1 is 1.62 bits per heavy atom. The van der Waals surface area contributed by atoms with Gasteiger partial charge in [-0.25, -0.2) is 4.79 Å². The first-order chi connectivity index (χ1) is 5.93. The summed E-state index contributed by atoms with van der Waals surface area (Å²) in [5, 5.41) is 8.80. The van der Waals surface area contributed by atoms with E-state index in [0.29, 0.717) is 13.0 Å². The summed E-state index contributed by atoms with van der Waals surface area (Å²) < 4.78 is 5.36. The molecule has 0 aliphatic rings. The summed E-state index contributed by atoms with van der Waals surface area (Å²) in [5.74, 6) is -0.914. The van der Waals surface area contributed by atoms with Crippen LogP contribution in [0.3, 0.4) is 0 Å². The van der Waals surface area contributed by atoms with Crippen molar-refractivity contribution in [2.45, 2.75) is 45.3 Å². The highest BCUT2D eigenvalue weighted by Gasteiger charge is 2.26. The van der Waals surface area contributed by atoms with Crippen molar-refractivity contribution in [3.8, 4) is 0 Å². The Balaban J connectivity index is 4.17. The molecule has 0 bridgehead atoms. The van der Waals surface area contributed by atoms with E-state index in [4.69, 9.17) is 15.6 Å². The second-order valence-corrected chi connectivity index (χ2v) is 3.70. The molecule has 0 aliphatic heterocycles. The monoisotopic (exact) mass is 189 g/mol. The zero-order valence-electron chi connectivity index (χ0n) is 8.54. The van der Waals surface area contributed by atoms with Gasteiger partial charge in [-0.2, -0.15) is 0 Å². The molecule has 3 N–H and O–H groups in total. The lowest BCUT2D eigenvalue weighted by molar-refractivity contribution is -0.161. The molecular weight excluding hydrogens is 170 g/mol. The van der Waals surface area contributed by atoms with Crippen LogP contribution < -0.4 is 5.73 Å². The Bertz CT molecular complexity index is 168. The summed E-state index contributed by atoms with van der Waals surface area (Å²) in [6.45, 7) is 5.83. The van der Waals surface area contributed by atoms with Gasteiger partial charge in [0.15, 0.2) is 6.10 Å². The van der Waals surface area contributed by atoms with Crippen molar-refractivity contribution in [3.05, 3.63) is 0 Å². The van der Waals surface area contributed by atoms with E-state index < -0.39 is 17.7 Å². The summed E-state index contributed by atoms with van der Waals surface area (Å²) >= 11 is 0. The van der Waals surface area contributed by atoms with Gasteiger partial charge in [0, 0.05) is 6.54 Å². The van der Waals surface area contributed by atoms with E-state index >= 15 is 0 Å². The van der Waals surface area contributed by atoms with Crippen LogP contribution >= 0.6 is 0 Å². The molecule has 4 nitrogen and oxygen atoms in total. The SMILES string of the molecule is CCCC(OC(C)(C)CN)C(=O)O. The van der Waals surface area contributed by atoms with Crippen LogP contribution in [0.1, 0.15) is 33.6 Å². The van der Waals surface area contributed by atoms with E-state index in [-0.39, 0.29) is 0 Å². The molecule has 0 radical (unpaired) electrons. The summed E-state index contributed by atoms with van der Waals surface area (Å²) in [5.41, 5.74) is 4.88. The zero-order valence-corrected chi connectivity index (χ0v) is 8.54. The third-order valence-electron chi connectivity index (χ3n) is 1.78. The minimum absolute atomic E-state index is 0.320. The number of carboxylic acid groups (broad SMARTS) is 1. The Labute approximate surface area is 79.1 Å². The molecule has 0 saturated carbocycles. The molecule has 13 heavy (non-hydrogen) atoms. The topological polar surface area (TPSA) is 72.5 Å². The Hall–Kier alpha value is -0.610. The molecule has 4 heteroatoms. The summed E-state index contributed by atoms with van der Waals surface area (Å²) in [4.78, 5) is 10.7. The first-order valence-electron chi connectivity index (χ1n) is 4.53. The van der Waals surface area contributed by atoms with Crippen LogP contribution in [-0.2, 0) is 9.53 Å². The largest absolute Gasteiger partial charge is 0.479 e. The maximum atomic E-state index is 10.7. The standard InChI is InChI=1S/C9H19NO3/c1-4-5-7(8(11)12)13-9(2,3)6-10/h7H,4-6,10H2,1-3H3,(H,11,12). The number of rotatable bonds is 6. The fourth-order valence-electron chi connectivity index (χ4n) is 0.928. The van der Waals surface area contributed by atoms with Crippen molar-refractivity contribution >= 4 is 5.97 Å². The Morgan fingerprint density at radius 3 is 2.46 bits per heavy atom. The van der Waals surface area contributed by atoms with Gasteiger partial charge in [0.05, 0.1) is 5.60 Å². The van der Waals surface area contributed by atoms with E-state index in [1.165, 1.54) is 0 Å². The second-order valence-electron chi connectivity index (χ2n) is 3.70. The normalized spacial score (nSPS) is 14.2. The van der Waals surface area contributed by atoms with Crippen molar-refractivity contribution in [2.24, 2.45) is 5.73 Å². The molecule has 0 aromatic carbocycles. The van der Waals surface area contributed by atoms with Gasteiger partial charge in [0.25, 0.3) is 0 Å². The van der Waals surface area contributed by atoms with Crippen LogP contribution in [0.2, 0.25) is 0 Å². The van der Waals surface area contributed by atoms with Crippen LogP contribution in [0, 0.1) is 0 Å². The number of nitrogens with two attached hydrogens (primary N) is 1. The van der Waals surface area contributed by atoms with Crippen molar-refractivity contribution in [1.82, 2.24) is 0 Å². The average molecular weight is 189 g/mol. The predicted octanol–water partition coefficient (Wildman–Crippen LogP) is 0.994. The van der Waals surface area contributed by atoms with Crippen molar-refractivity contribution in [1.29, 1.82) is 0 Å². The summed E-state index contributed by atoms with van der Waals surface area (Å²) in [7, 11) is 0. The Kier molecular flexibility index (Phi) is 4.95. The van der Waals surface area contributed by atoms with E-state index in [1.807, 2.05) is 6.92 Å². The lowest BCUT2D eigenvalue weighted by Crippen LogP contribution is -2.40. The maximum absolute atomic E-state index is 10.7. The van der Waals surface area contributed by atoms with Gasteiger partial charge in [0.1, 0.15) is 0 Å². The van der Waals surface area contributed by atoms with Gasteiger partial charge in [-0.1, -0.05) is 13.3 Å². The molecular formula is C9H19NO3. The van der Waals surface area contributed by atoms with E-state index in [1.54, 1.807) is 13.8 Å². The molecule has 0 amide bonds. The molecule has 0 heterocycles. The van der Waals surface area contributed by atoms with Gasteiger partial charge in [-0.05, 0) is 20.3 Å². The number of aliphatic carboxylic acids is 1. The molecule has 0 rings (SSSR count). The highest BCUT2D eigenvalue weighted by Crippen LogP contribution is 2.14. The quantitative estimate of drug-likeness (QED) is 0.653. The van der Waals surface area contributed by atoms with Gasteiger partial charge >= 0.3 is 5.97 Å². The van der Waals surface area contributed by atoms with E-state index in [2.05, 4.69) is 0 Å². The predicted molar refractivity (Wildman–Crippen MR) is 50.6 cm³/mol. The first kappa shape index (κ1) is 12.4.